The smallest absolute Gasteiger partial charge is 0.264 e. The summed E-state index contributed by atoms with van der Waals surface area (Å²) >= 11 is 8.12. The monoisotopic (exact) mass is 516 g/mol. The number of hydrogen-bond acceptors (Lipinski definition) is 4. The lowest BCUT2D eigenvalue weighted by molar-refractivity contribution is -0.119. The Bertz CT molecular complexity index is 1210. The highest BCUT2D eigenvalue weighted by Gasteiger charge is 2.28. The number of rotatable bonds is 11. The number of benzene rings is 3. The molecular formula is C26H29ClN2O3S2. The third-order valence-electron chi connectivity index (χ3n) is 5.32. The Hall–Kier alpha value is -2.48. The Morgan fingerprint density at radius 1 is 0.971 bits per heavy atom. The fraction of sp³-hybridized carbons (Fsp3) is 0.269. The van der Waals surface area contributed by atoms with Crippen molar-refractivity contribution < 1.29 is 13.2 Å². The second-order valence-electron chi connectivity index (χ2n) is 7.96. The van der Waals surface area contributed by atoms with Crippen molar-refractivity contribution in [1.82, 2.24) is 5.32 Å². The molecule has 34 heavy (non-hydrogen) atoms. The molecule has 180 valence electrons. The Morgan fingerprint density at radius 2 is 1.65 bits per heavy atom. The largest absolute Gasteiger partial charge is 0.354 e. The van der Waals surface area contributed by atoms with Crippen LogP contribution in [0.5, 0.6) is 0 Å². The summed E-state index contributed by atoms with van der Waals surface area (Å²) in [5.41, 5.74) is 3.81. The van der Waals surface area contributed by atoms with E-state index in [4.69, 9.17) is 11.6 Å². The molecule has 1 amide bonds. The fourth-order valence-corrected chi connectivity index (χ4v) is 6.10. The van der Waals surface area contributed by atoms with Gasteiger partial charge >= 0.3 is 0 Å². The molecule has 0 atom stereocenters. The van der Waals surface area contributed by atoms with Crippen molar-refractivity contribution in [2.24, 2.45) is 0 Å². The molecule has 0 aliphatic heterocycles. The minimum Gasteiger partial charge on any atom is -0.354 e. The quantitative estimate of drug-likeness (QED) is 0.337. The van der Waals surface area contributed by atoms with Crippen molar-refractivity contribution in [3.63, 3.8) is 0 Å². The van der Waals surface area contributed by atoms with Gasteiger partial charge in [-0.15, -0.1) is 0 Å². The molecule has 3 aromatic rings. The molecule has 0 saturated heterocycles. The lowest BCUT2D eigenvalue weighted by Gasteiger charge is -2.25. The summed E-state index contributed by atoms with van der Waals surface area (Å²) in [5.74, 6) is 1.44. The number of hydrogen-bond donors (Lipinski definition) is 1. The maximum Gasteiger partial charge on any atom is 0.264 e. The number of para-hydroxylation sites is 1. The number of nitrogens with zero attached hydrogens (tertiary/aromatic N) is 1. The SMILES string of the molecule is Cc1ccc(S(=O)(=O)N(CC(=O)NCCCSCc2ccccc2C)c2ccccc2Cl)cc1. The van der Waals surface area contributed by atoms with Gasteiger partial charge in [-0.05, 0) is 61.4 Å². The van der Waals surface area contributed by atoms with E-state index in [1.807, 2.05) is 30.8 Å². The van der Waals surface area contributed by atoms with Gasteiger partial charge in [-0.3, -0.25) is 9.10 Å². The minimum absolute atomic E-state index is 0.110. The van der Waals surface area contributed by atoms with E-state index in [0.29, 0.717) is 6.54 Å². The van der Waals surface area contributed by atoms with Crippen LogP contribution in [-0.4, -0.2) is 33.2 Å². The number of thioether (sulfide) groups is 1. The Balaban J connectivity index is 1.60. The summed E-state index contributed by atoms with van der Waals surface area (Å²) in [6.45, 7) is 4.11. The van der Waals surface area contributed by atoms with Crippen LogP contribution in [0.25, 0.3) is 0 Å². The molecular weight excluding hydrogens is 488 g/mol. The predicted molar refractivity (Wildman–Crippen MR) is 142 cm³/mol. The molecule has 3 aromatic carbocycles. The van der Waals surface area contributed by atoms with E-state index in [9.17, 15) is 13.2 Å². The minimum atomic E-state index is -3.98. The Labute approximate surface area is 211 Å². The van der Waals surface area contributed by atoms with E-state index in [2.05, 4.69) is 24.4 Å². The van der Waals surface area contributed by atoms with E-state index in [0.717, 1.165) is 27.8 Å². The summed E-state index contributed by atoms with van der Waals surface area (Å²) < 4.78 is 27.9. The van der Waals surface area contributed by atoms with Crippen LogP contribution in [0.15, 0.2) is 77.7 Å². The van der Waals surface area contributed by atoms with Gasteiger partial charge in [-0.2, -0.15) is 11.8 Å². The predicted octanol–water partition coefficient (Wildman–Crippen LogP) is 5.59. The molecule has 0 spiro atoms. The first-order valence-corrected chi connectivity index (χ1v) is 14.0. The number of sulfonamides is 1. The molecule has 8 heteroatoms. The molecule has 0 radical (unpaired) electrons. The zero-order chi connectivity index (χ0) is 24.6. The molecule has 5 nitrogen and oxygen atoms in total. The maximum absolute atomic E-state index is 13.4. The molecule has 3 rings (SSSR count). The van der Waals surface area contributed by atoms with Gasteiger partial charge in [0.2, 0.25) is 5.91 Å². The molecule has 0 saturated carbocycles. The van der Waals surface area contributed by atoms with Gasteiger partial charge in [0.25, 0.3) is 10.0 Å². The number of halogens is 1. The summed E-state index contributed by atoms with van der Waals surface area (Å²) in [4.78, 5) is 12.8. The van der Waals surface area contributed by atoms with Crippen molar-refractivity contribution >= 4 is 45.0 Å². The van der Waals surface area contributed by atoms with Crippen molar-refractivity contribution in [2.75, 3.05) is 23.1 Å². The van der Waals surface area contributed by atoms with Crippen molar-refractivity contribution in [3.05, 3.63) is 94.5 Å². The topological polar surface area (TPSA) is 66.5 Å². The summed E-state index contributed by atoms with van der Waals surface area (Å²) in [6.07, 6.45) is 0.791. The Kier molecular flexibility index (Phi) is 9.45. The maximum atomic E-state index is 13.4. The normalized spacial score (nSPS) is 11.3. The summed E-state index contributed by atoms with van der Waals surface area (Å²) in [5, 5.41) is 3.11. The van der Waals surface area contributed by atoms with Crippen LogP contribution in [-0.2, 0) is 20.6 Å². The highest BCUT2D eigenvalue weighted by Crippen LogP contribution is 2.30. The van der Waals surface area contributed by atoms with Crippen LogP contribution in [0.3, 0.4) is 0 Å². The van der Waals surface area contributed by atoms with Crippen LogP contribution in [0.2, 0.25) is 5.02 Å². The van der Waals surface area contributed by atoms with Crippen LogP contribution in [0.4, 0.5) is 5.69 Å². The molecule has 0 aliphatic carbocycles. The molecule has 0 bridgehead atoms. The first-order valence-electron chi connectivity index (χ1n) is 11.0. The molecule has 0 aromatic heterocycles. The summed E-state index contributed by atoms with van der Waals surface area (Å²) in [7, 11) is -3.98. The fourth-order valence-electron chi connectivity index (χ4n) is 3.33. The van der Waals surface area contributed by atoms with E-state index in [1.54, 1.807) is 36.4 Å². The van der Waals surface area contributed by atoms with Crippen LogP contribution >= 0.6 is 23.4 Å². The summed E-state index contributed by atoms with van der Waals surface area (Å²) in [6, 6.07) is 21.5. The third-order valence-corrected chi connectivity index (χ3v) is 8.51. The van der Waals surface area contributed by atoms with Crippen molar-refractivity contribution in [2.45, 2.75) is 30.9 Å². The van der Waals surface area contributed by atoms with E-state index in [-0.39, 0.29) is 28.1 Å². The van der Waals surface area contributed by atoms with Crippen LogP contribution in [0.1, 0.15) is 23.1 Å². The molecule has 0 unspecified atom stereocenters. The van der Waals surface area contributed by atoms with Gasteiger partial charge in [0.15, 0.2) is 0 Å². The molecule has 0 aliphatic rings. The lowest BCUT2D eigenvalue weighted by Crippen LogP contribution is -2.41. The average molecular weight is 517 g/mol. The van der Waals surface area contributed by atoms with Crippen molar-refractivity contribution in [3.8, 4) is 0 Å². The van der Waals surface area contributed by atoms with Crippen LogP contribution in [0, 0.1) is 13.8 Å². The highest BCUT2D eigenvalue weighted by molar-refractivity contribution is 7.98. The van der Waals surface area contributed by atoms with Crippen molar-refractivity contribution in [1.29, 1.82) is 0 Å². The van der Waals surface area contributed by atoms with Gasteiger partial charge in [-0.1, -0.05) is 65.7 Å². The first-order chi connectivity index (χ1) is 16.3. The lowest BCUT2D eigenvalue weighted by atomic mass is 10.1. The van der Waals surface area contributed by atoms with E-state index in [1.165, 1.54) is 23.3 Å². The number of anilines is 1. The second-order valence-corrected chi connectivity index (χ2v) is 11.3. The zero-order valence-corrected chi connectivity index (χ0v) is 21.7. The molecule has 0 heterocycles. The standard InChI is InChI=1S/C26H29ClN2O3S2/c1-20-12-14-23(15-13-20)34(31,32)29(25-11-6-5-10-24(25)27)18-26(30)28-16-7-17-33-19-22-9-4-3-8-21(22)2/h3-6,8-15H,7,16-19H2,1-2H3,(H,28,30). The number of nitrogens with one attached hydrogen (secondary N) is 1. The molecule has 0 fully saturated rings. The van der Waals surface area contributed by atoms with Gasteiger partial charge in [0.05, 0.1) is 15.6 Å². The first kappa shape index (κ1) is 26.1. The highest BCUT2D eigenvalue weighted by atomic mass is 35.5. The average Bonchev–Trinajstić information content (AvgIpc) is 2.81. The van der Waals surface area contributed by atoms with Gasteiger partial charge in [-0.25, -0.2) is 8.42 Å². The van der Waals surface area contributed by atoms with Crippen LogP contribution < -0.4 is 9.62 Å². The van der Waals surface area contributed by atoms with Gasteiger partial charge in [0, 0.05) is 12.3 Å². The zero-order valence-electron chi connectivity index (χ0n) is 19.3. The number of aryl methyl sites for hydroxylation is 2. The third kappa shape index (κ3) is 7.01. The molecule has 1 N–H and O–H groups in total. The van der Waals surface area contributed by atoms with E-state index < -0.39 is 10.0 Å². The van der Waals surface area contributed by atoms with Gasteiger partial charge < -0.3 is 5.32 Å². The van der Waals surface area contributed by atoms with E-state index >= 15 is 0 Å². The number of carbonyl (C=O) groups excluding carboxylic acids is 1. The number of amides is 1. The van der Waals surface area contributed by atoms with Gasteiger partial charge in [0.1, 0.15) is 6.54 Å². The second kappa shape index (κ2) is 12.3. The Morgan fingerprint density at radius 3 is 2.35 bits per heavy atom. The number of carbonyl (C=O) groups is 1.